The molecule has 6 heteroatoms. The van der Waals surface area contributed by atoms with E-state index in [1.165, 1.54) is 6.07 Å². The second kappa shape index (κ2) is 5.96. The zero-order chi connectivity index (χ0) is 16.7. The molecule has 1 N–H and O–H groups in total. The summed E-state index contributed by atoms with van der Waals surface area (Å²) in [6.07, 6.45) is 3.55. The topological polar surface area (TPSA) is 47.0 Å². The highest BCUT2D eigenvalue weighted by Crippen LogP contribution is 2.39. The summed E-state index contributed by atoms with van der Waals surface area (Å²) in [6.45, 7) is 2.65. The molecule has 0 radical (unpaired) electrons. The first-order chi connectivity index (χ1) is 11.7. The van der Waals surface area contributed by atoms with Crippen LogP contribution in [0.4, 0.5) is 9.52 Å². The molecule has 0 aliphatic heterocycles. The average molecular weight is 341 g/mol. The maximum Gasteiger partial charge on any atom is 0.184 e. The molecule has 2 aromatic carbocycles. The Labute approximate surface area is 142 Å². The number of hydrogen-bond acceptors (Lipinski definition) is 5. The number of hydrogen-bond donors (Lipinski definition) is 1. The third-order valence-corrected chi connectivity index (χ3v) is 5.03. The number of fused-ring (bicyclic) bond motifs is 6. The van der Waals surface area contributed by atoms with Crippen LogP contribution in [0.15, 0.2) is 36.7 Å². The smallest absolute Gasteiger partial charge is 0.184 e. The Hall–Kier alpha value is -2.31. The van der Waals surface area contributed by atoms with Gasteiger partial charge in [-0.15, -0.1) is 0 Å². The molecule has 4 nitrogen and oxygen atoms in total. The van der Waals surface area contributed by atoms with Gasteiger partial charge in [-0.25, -0.2) is 9.37 Å². The van der Waals surface area contributed by atoms with E-state index in [0.29, 0.717) is 6.61 Å². The molecule has 0 saturated heterocycles. The van der Waals surface area contributed by atoms with Crippen LogP contribution in [0.25, 0.3) is 31.8 Å². The zero-order valence-corrected chi connectivity index (χ0v) is 14.2. The summed E-state index contributed by atoms with van der Waals surface area (Å²) in [5.41, 5.74) is 0.890. The molecule has 0 amide bonds. The number of halogens is 1. The number of anilines is 1. The van der Waals surface area contributed by atoms with Crippen LogP contribution in [0.5, 0.6) is 0 Å². The van der Waals surface area contributed by atoms with Crippen molar-refractivity contribution in [3.8, 4) is 0 Å². The first-order valence-electron chi connectivity index (χ1n) is 7.68. The van der Waals surface area contributed by atoms with Gasteiger partial charge in [0, 0.05) is 41.7 Å². The molecule has 2 aromatic heterocycles. The number of thiazole rings is 1. The predicted octanol–water partition coefficient (Wildman–Crippen LogP) is 4.58. The van der Waals surface area contributed by atoms with E-state index in [1.807, 2.05) is 13.0 Å². The molecule has 1 unspecified atom stereocenters. The van der Waals surface area contributed by atoms with E-state index in [-0.39, 0.29) is 11.9 Å². The Bertz CT molecular complexity index is 1050. The van der Waals surface area contributed by atoms with E-state index >= 15 is 0 Å². The third kappa shape index (κ3) is 2.48. The lowest BCUT2D eigenvalue weighted by molar-refractivity contribution is 0.190. The lowest BCUT2D eigenvalue weighted by atomic mass is 10.0. The molecule has 4 aromatic rings. The molecule has 122 valence electrons. The van der Waals surface area contributed by atoms with Gasteiger partial charge < -0.3 is 10.1 Å². The van der Waals surface area contributed by atoms with Crippen LogP contribution >= 0.6 is 11.3 Å². The van der Waals surface area contributed by atoms with Crippen molar-refractivity contribution in [1.82, 2.24) is 9.97 Å². The first kappa shape index (κ1) is 15.2. The minimum Gasteiger partial charge on any atom is -0.383 e. The van der Waals surface area contributed by atoms with Gasteiger partial charge in [0.2, 0.25) is 0 Å². The molecule has 0 spiro atoms. The number of methoxy groups -OCH3 is 1. The molecule has 2 heterocycles. The Morgan fingerprint density at radius 2 is 2.08 bits per heavy atom. The average Bonchev–Trinajstić information content (AvgIpc) is 2.99. The maximum absolute atomic E-state index is 13.8. The van der Waals surface area contributed by atoms with E-state index in [1.54, 1.807) is 43.0 Å². The lowest BCUT2D eigenvalue weighted by Crippen LogP contribution is -2.20. The lowest BCUT2D eigenvalue weighted by Gasteiger charge is -2.10. The van der Waals surface area contributed by atoms with Crippen LogP contribution < -0.4 is 5.32 Å². The molecule has 4 rings (SSSR count). The molecule has 1 atom stereocenters. The number of nitrogens with one attached hydrogen (secondary N) is 1. The fraction of sp³-hybridized carbons (Fsp3) is 0.222. The van der Waals surface area contributed by atoms with Crippen molar-refractivity contribution < 1.29 is 9.13 Å². The maximum atomic E-state index is 13.8. The summed E-state index contributed by atoms with van der Waals surface area (Å²) in [5.74, 6) is -0.255. The van der Waals surface area contributed by atoms with Crippen molar-refractivity contribution in [2.75, 3.05) is 19.0 Å². The summed E-state index contributed by atoms with van der Waals surface area (Å²) in [6, 6.07) is 6.94. The predicted molar refractivity (Wildman–Crippen MR) is 97.3 cm³/mol. The van der Waals surface area contributed by atoms with E-state index in [9.17, 15) is 4.39 Å². The number of benzene rings is 2. The Balaban J connectivity index is 2.01. The van der Waals surface area contributed by atoms with Gasteiger partial charge in [0.25, 0.3) is 0 Å². The van der Waals surface area contributed by atoms with Crippen molar-refractivity contribution >= 4 is 48.2 Å². The van der Waals surface area contributed by atoms with E-state index in [0.717, 1.165) is 36.9 Å². The molecule has 0 fully saturated rings. The quantitative estimate of drug-likeness (QED) is 0.552. The fourth-order valence-electron chi connectivity index (χ4n) is 3.00. The number of aromatic nitrogens is 2. The zero-order valence-electron chi connectivity index (χ0n) is 13.3. The van der Waals surface area contributed by atoms with Gasteiger partial charge >= 0.3 is 0 Å². The summed E-state index contributed by atoms with van der Waals surface area (Å²) >= 11 is 1.60. The SMILES string of the molecule is COCC(C)Nc1nc2c3ccc(F)cc3c3cnccc3c2s1. The first-order valence-corrected chi connectivity index (χ1v) is 8.50. The molecular weight excluding hydrogens is 325 g/mol. The highest BCUT2D eigenvalue weighted by molar-refractivity contribution is 7.23. The van der Waals surface area contributed by atoms with E-state index in [2.05, 4.69) is 10.3 Å². The van der Waals surface area contributed by atoms with Gasteiger partial charge in [-0.05, 0) is 36.6 Å². The van der Waals surface area contributed by atoms with Crippen LogP contribution in [-0.4, -0.2) is 29.7 Å². The van der Waals surface area contributed by atoms with Gasteiger partial charge in [-0.3, -0.25) is 4.98 Å². The van der Waals surface area contributed by atoms with E-state index < -0.39 is 0 Å². The minimum absolute atomic E-state index is 0.159. The number of nitrogens with zero attached hydrogens (tertiary/aromatic N) is 2. The van der Waals surface area contributed by atoms with Crippen molar-refractivity contribution in [2.24, 2.45) is 0 Å². The normalized spacial score (nSPS) is 13.0. The number of pyridine rings is 1. The second-order valence-electron chi connectivity index (χ2n) is 5.81. The number of ether oxygens (including phenoxy) is 1. The molecule has 0 aliphatic carbocycles. The second-order valence-corrected chi connectivity index (χ2v) is 6.81. The minimum atomic E-state index is -0.255. The summed E-state index contributed by atoms with van der Waals surface area (Å²) in [7, 11) is 1.68. The van der Waals surface area contributed by atoms with Gasteiger partial charge in [-0.1, -0.05) is 11.3 Å². The van der Waals surface area contributed by atoms with Crippen LogP contribution in [0.2, 0.25) is 0 Å². The molecule has 0 bridgehead atoms. The summed E-state index contributed by atoms with van der Waals surface area (Å²) in [4.78, 5) is 8.96. The van der Waals surface area contributed by atoms with Gasteiger partial charge in [0.15, 0.2) is 5.13 Å². The Morgan fingerprint density at radius 1 is 1.21 bits per heavy atom. The largest absolute Gasteiger partial charge is 0.383 e. The van der Waals surface area contributed by atoms with Crippen molar-refractivity contribution in [3.05, 3.63) is 42.5 Å². The van der Waals surface area contributed by atoms with Crippen molar-refractivity contribution in [2.45, 2.75) is 13.0 Å². The fourth-order valence-corrected chi connectivity index (χ4v) is 4.13. The monoisotopic (exact) mass is 341 g/mol. The van der Waals surface area contributed by atoms with Gasteiger partial charge in [0.1, 0.15) is 5.82 Å². The highest BCUT2D eigenvalue weighted by Gasteiger charge is 2.15. The molecule has 0 saturated carbocycles. The Kier molecular flexibility index (Phi) is 3.78. The van der Waals surface area contributed by atoms with E-state index in [4.69, 9.17) is 9.72 Å². The highest BCUT2D eigenvalue weighted by atomic mass is 32.1. The number of rotatable bonds is 4. The Morgan fingerprint density at radius 3 is 2.92 bits per heavy atom. The molecular formula is C18H16FN3OS. The summed E-state index contributed by atoms with van der Waals surface area (Å²) < 4.78 is 20.0. The van der Waals surface area contributed by atoms with Gasteiger partial charge in [-0.2, -0.15) is 0 Å². The third-order valence-electron chi connectivity index (χ3n) is 4.01. The molecule has 0 aliphatic rings. The molecule has 24 heavy (non-hydrogen) atoms. The van der Waals surface area contributed by atoms with Gasteiger partial charge in [0.05, 0.1) is 16.8 Å². The van der Waals surface area contributed by atoms with Crippen molar-refractivity contribution in [3.63, 3.8) is 0 Å². The van der Waals surface area contributed by atoms with Crippen LogP contribution in [0.1, 0.15) is 6.92 Å². The van der Waals surface area contributed by atoms with Crippen LogP contribution in [0.3, 0.4) is 0 Å². The van der Waals surface area contributed by atoms with Crippen molar-refractivity contribution in [1.29, 1.82) is 0 Å². The standard InChI is InChI=1S/C18H16FN3OS/c1-10(9-23-2)21-18-22-16-12-4-3-11(19)7-14(12)15-8-20-6-5-13(15)17(16)24-18/h3-8,10H,9H2,1-2H3,(H,21,22). The van der Waals surface area contributed by atoms with Crippen LogP contribution in [0, 0.1) is 5.82 Å². The summed E-state index contributed by atoms with van der Waals surface area (Å²) in [5, 5.41) is 7.97. The van der Waals surface area contributed by atoms with Crippen LogP contribution in [-0.2, 0) is 4.74 Å².